The van der Waals surface area contributed by atoms with Crippen LogP contribution >= 0.6 is 0 Å². The van der Waals surface area contributed by atoms with Gasteiger partial charge in [-0.25, -0.2) is 22.4 Å². The lowest BCUT2D eigenvalue weighted by Gasteiger charge is -2.29. The van der Waals surface area contributed by atoms with E-state index in [0.29, 0.717) is 25.3 Å². The number of halogens is 6. The third-order valence-electron chi connectivity index (χ3n) is 5.92. The molecule has 13 heteroatoms. The van der Waals surface area contributed by atoms with Gasteiger partial charge < -0.3 is 14.2 Å². The first-order valence-corrected chi connectivity index (χ1v) is 11.6. The van der Waals surface area contributed by atoms with E-state index >= 15 is 0 Å². The highest BCUT2D eigenvalue weighted by Gasteiger charge is 2.28. The van der Waals surface area contributed by atoms with Crippen molar-refractivity contribution in [3.05, 3.63) is 92.5 Å². The van der Waals surface area contributed by atoms with E-state index < -0.39 is 80.2 Å². The van der Waals surface area contributed by atoms with Crippen molar-refractivity contribution < 1.29 is 50.3 Å². The van der Waals surface area contributed by atoms with Crippen molar-refractivity contribution in [3.8, 4) is 16.9 Å². The Balaban J connectivity index is 1.58. The van der Waals surface area contributed by atoms with E-state index in [0.717, 1.165) is 25.0 Å². The Kier molecular flexibility index (Phi) is 8.21. The van der Waals surface area contributed by atoms with Gasteiger partial charge in [0.05, 0.1) is 23.7 Å². The molecular weight excluding hydrogens is 536 g/mol. The van der Waals surface area contributed by atoms with Crippen molar-refractivity contribution in [2.24, 2.45) is 5.92 Å². The number of nitro benzene ring substituents is 1. The minimum absolute atomic E-state index is 0.0207. The molecule has 0 aromatic heterocycles. The van der Waals surface area contributed by atoms with Gasteiger partial charge in [0.2, 0.25) is 11.6 Å². The van der Waals surface area contributed by atoms with Crippen molar-refractivity contribution in [1.82, 2.24) is 0 Å². The number of hydrogen-bond acceptors (Lipinski definition) is 6. The number of esters is 1. The highest BCUT2D eigenvalue weighted by atomic mass is 19.2. The fourth-order valence-electron chi connectivity index (χ4n) is 4.16. The second-order valence-electron chi connectivity index (χ2n) is 8.71. The molecule has 1 heterocycles. The molecule has 1 saturated heterocycles. The average molecular weight is 555 g/mol. The minimum Gasteiger partial charge on any atom is -0.423 e. The number of ether oxygens (including phenoxy) is 3. The van der Waals surface area contributed by atoms with Crippen LogP contribution in [0.1, 0.15) is 42.0 Å². The van der Waals surface area contributed by atoms with E-state index in [1.54, 1.807) is 0 Å². The van der Waals surface area contributed by atoms with Gasteiger partial charge in [-0.3, -0.25) is 10.1 Å². The van der Waals surface area contributed by atoms with Crippen molar-refractivity contribution in [2.75, 3.05) is 13.2 Å². The maximum atomic E-state index is 14.9. The zero-order chi connectivity index (χ0) is 28.4. The average Bonchev–Trinajstić information content (AvgIpc) is 2.83. The number of rotatable bonds is 7. The third-order valence-corrected chi connectivity index (χ3v) is 5.92. The van der Waals surface area contributed by atoms with Gasteiger partial charge in [-0.1, -0.05) is 13.3 Å². The predicted octanol–water partition coefficient (Wildman–Crippen LogP) is 6.78. The SMILES string of the molecule is CCCC1COC(c2cc(F)c(-c3cc(F)c(C(=O)Oc4cc(F)c([N+](=O)[O-])c(F)c4)c(F)c3)c(F)c2)OC1. The maximum Gasteiger partial charge on any atom is 0.349 e. The van der Waals surface area contributed by atoms with E-state index in [4.69, 9.17) is 9.47 Å². The van der Waals surface area contributed by atoms with E-state index in [2.05, 4.69) is 4.74 Å². The molecule has 1 aliphatic rings. The summed E-state index contributed by atoms with van der Waals surface area (Å²) < 4.78 is 103. The summed E-state index contributed by atoms with van der Waals surface area (Å²) in [5, 5.41) is 10.7. The molecule has 1 fully saturated rings. The summed E-state index contributed by atoms with van der Waals surface area (Å²) in [6, 6.07) is 3.30. The normalized spacial score (nSPS) is 17.2. The Morgan fingerprint density at radius 1 is 0.897 bits per heavy atom. The first kappa shape index (κ1) is 28.0. The van der Waals surface area contributed by atoms with E-state index in [-0.39, 0.29) is 23.6 Å². The molecule has 3 aromatic carbocycles. The molecule has 0 saturated carbocycles. The molecule has 1 aliphatic heterocycles. The Morgan fingerprint density at radius 2 is 1.44 bits per heavy atom. The molecule has 0 N–H and O–H groups in total. The lowest BCUT2D eigenvalue weighted by atomic mass is 9.99. The van der Waals surface area contributed by atoms with Crippen LogP contribution in [-0.2, 0) is 9.47 Å². The summed E-state index contributed by atoms with van der Waals surface area (Å²) >= 11 is 0. The molecule has 0 aliphatic carbocycles. The summed E-state index contributed by atoms with van der Waals surface area (Å²) in [7, 11) is 0. The number of benzene rings is 3. The first-order chi connectivity index (χ1) is 18.5. The van der Waals surface area contributed by atoms with E-state index in [1.807, 2.05) is 6.92 Å². The summed E-state index contributed by atoms with van der Waals surface area (Å²) in [6.45, 7) is 2.66. The van der Waals surface area contributed by atoms with Gasteiger partial charge in [0.15, 0.2) is 6.29 Å². The van der Waals surface area contributed by atoms with Crippen molar-refractivity contribution in [2.45, 2.75) is 26.1 Å². The molecular formula is C26H19F6NO6. The van der Waals surface area contributed by atoms with Gasteiger partial charge in [-0.2, -0.15) is 8.78 Å². The molecule has 4 rings (SSSR count). The molecule has 7 nitrogen and oxygen atoms in total. The van der Waals surface area contributed by atoms with Crippen LogP contribution in [0.5, 0.6) is 5.75 Å². The molecule has 0 amide bonds. The van der Waals surface area contributed by atoms with E-state index in [1.165, 1.54) is 0 Å². The molecule has 206 valence electrons. The smallest absolute Gasteiger partial charge is 0.349 e. The monoisotopic (exact) mass is 555 g/mol. The zero-order valence-corrected chi connectivity index (χ0v) is 20.1. The number of hydrogen-bond donors (Lipinski definition) is 0. The second-order valence-corrected chi connectivity index (χ2v) is 8.71. The van der Waals surface area contributed by atoms with Crippen LogP contribution in [0.15, 0.2) is 36.4 Å². The summed E-state index contributed by atoms with van der Waals surface area (Å²) in [6.07, 6.45) is 0.741. The van der Waals surface area contributed by atoms with E-state index in [9.17, 15) is 41.3 Å². The molecule has 0 radical (unpaired) electrons. The van der Waals surface area contributed by atoms with Crippen LogP contribution in [0.25, 0.3) is 11.1 Å². The second kappa shape index (κ2) is 11.4. The Morgan fingerprint density at radius 3 is 1.92 bits per heavy atom. The van der Waals surface area contributed by atoms with Crippen molar-refractivity contribution in [3.63, 3.8) is 0 Å². The first-order valence-electron chi connectivity index (χ1n) is 11.6. The molecule has 0 unspecified atom stereocenters. The maximum absolute atomic E-state index is 14.9. The topological polar surface area (TPSA) is 87.9 Å². The van der Waals surface area contributed by atoms with Gasteiger partial charge in [-0.05, 0) is 36.2 Å². The highest BCUT2D eigenvalue weighted by molar-refractivity contribution is 5.92. The highest BCUT2D eigenvalue weighted by Crippen LogP contribution is 2.34. The van der Waals surface area contributed by atoms with Gasteiger partial charge in [0.1, 0.15) is 34.6 Å². The van der Waals surface area contributed by atoms with Crippen LogP contribution < -0.4 is 4.74 Å². The Labute approximate surface area is 217 Å². The van der Waals surface area contributed by atoms with Crippen LogP contribution in [0.2, 0.25) is 0 Å². The molecule has 0 bridgehead atoms. The summed E-state index contributed by atoms with van der Waals surface area (Å²) in [4.78, 5) is 21.6. The zero-order valence-electron chi connectivity index (χ0n) is 20.1. The Hall–Kier alpha value is -3.97. The van der Waals surface area contributed by atoms with Gasteiger partial charge in [0, 0.05) is 23.6 Å². The van der Waals surface area contributed by atoms with Crippen LogP contribution in [0.4, 0.5) is 32.0 Å². The number of nitro groups is 1. The molecule has 39 heavy (non-hydrogen) atoms. The quantitative estimate of drug-likeness (QED) is 0.105. The van der Waals surface area contributed by atoms with Crippen LogP contribution in [0, 0.1) is 50.9 Å². The number of nitrogens with zero attached hydrogens (tertiary/aromatic N) is 1. The molecule has 3 aromatic rings. The lowest BCUT2D eigenvalue weighted by molar-refractivity contribution is -0.390. The predicted molar refractivity (Wildman–Crippen MR) is 123 cm³/mol. The minimum atomic E-state index is -1.76. The summed E-state index contributed by atoms with van der Waals surface area (Å²) in [5.74, 6) is -11.5. The number of carbonyl (C=O) groups is 1. The molecule has 0 atom stereocenters. The fraction of sp³-hybridized carbons (Fsp3) is 0.269. The standard InChI is InChI=1S/C26H19F6NO6/c1-2-3-12-10-37-26(38-11-12)14-6-16(27)22(17(28)7-14)13-4-18(29)23(19(30)5-13)25(34)39-15-8-20(31)24(33(35)36)21(32)9-15/h4-9,12,26H,2-3,10-11H2,1H3. The van der Waals surface area contributed by atoms with Crippen LogP contribution in [0.3, 0.4) is 0 Å². The summed E-state index contributed by atoms with van der Waals surface area (Å²) in [5.41, 5.74) is -4.22. The lowest BCUT2D eigenvalue weighted by Crippen LogP contribution is -2.27. The number of carbonyl (C=O) groups excluding carboxylic acids is 1. The van der Waals surface area contributed by atoms with Gasteiger partial charge in [-0.15, -0.1) is 0 Å². The fourth-order valence-corrected chi connectivity index (χ4v) is 4.16. The largest absolute Gasteiger partial charge is 0.423 e. The van der Waals surface area contributed by atoms with Crippen molar-refractivity contribution >= 4 is 11.7 Å². The van der Waals surface area contributed by atoms with Crippen LogP contribution in [-0.4, -0.2) is 24.1 Å². The Bertz CT molecular complexity index is 1370. The third kappa shape index (κ3) is 5.88. The van der Waals surface area contributed by atoms with Gasteiger partial charge >= 0.3 is 11.7 Å². The molecule has 0 spiro atoms. The van der Waals surface area contributed by atoms with Gasteiger partial charge in [0.25, 0.3) is 0 Å². The van der Waals surface area contributed by atoms with Crippen molar-refractivity contribution in [1.29, 1.82) is 0 Å².